The summed E-state index contributed by atoms with van der Waals surface area (Å²) in [6.45, 7) is 0.233. The monoisotopic (exact) mass is 497 g/mol. The lowest BCUT2D eigenvalue weighted by atomic mass is 10.0. The summed E-state index contributed by atoms with van der Waals surface area (Å²) in [6.07, 6.45) is 4.28. The highest BCUT2D eigenvalue weighted by molar-refractivity contribution is 7.92. The quantitative estimate of drug-likeness (QED) is 0.341. The number of benzene rings is 2. The summed E-state index contributed by atoms with van der Waals surface area (Å²) in [5, 5.41) is 10.7. The van der Waals surface area contributed by atoms with Gasteiger partial charge in [-0.1, -0.05) is 6.07 Å². The molecular weight excluding hydrogens is 480 g/mol. The predicted molar refractivity (Wildman–Crippen MR) is 127 cm³/mol. The lowest BCUT2D eigenvalue weighted by Gasteiger charge is -2.09. The van der Waals surface area contributed by atoms with Crippen molar-refractivity contribution in [1.82, 2.24) is 20.2 Å². The van der Waals surface area contributed by atoms with E-state index in [9.17, 15) is 17.2 Å². The van der Waals surface area contributed by atoms with Crippen molar-refractivity contribution in [2.24, 2.45) is 0 Å². The van der Waals surface area contributed by atoms with E-state index in [0.717, 1.165) is 33.9 Å². The van der Waals surface area contributed by atoms with Crippen LogP contribution < -0.4 is 5.32 Å². The van der Waals surface area contributed by atoms with Crippen LogP contribution in [0, 0.1) is 11.6 Å². The first-order valence-corrected chi connectivity index (χ1v) is 12.8. The van der Waals surface area contributed by atoms with Crippen LogP contribution in [0.25, 0.3) is 32.6 Å². The lowest BCUT2D eigenvalue weighted by Crippen LogP contribution is -2.03. The number of hydrogen-bond acceptors (Lipinski definition) is 7. The Bertz CT molecular complexity index is 1630. The van der Waals surface area contributed by atoms with Gasteiger partial charge in [-0.05, 0) is 42.0 Å². The van der Waals surface area contributed by atoms with Crippen LogP contribution in [-0.2, 0) is 16.4 Å². The molecule has 0 saturated carbocycles. The maximum absolute atomic E-state index is 14.0. The number of rotatable bonds is 6. The molecule has 7 nitrogen and oxygen atoms in total. The third-order valence-corrected chi connectivity index (χ3v) is 8.14. The normalized spacial score (nSPS) is 11.7. The Morgan fingerprint density at radius 3 is 2.68 bits per heavy atom. The molecule has 0 unspecified atom stereocenters. The van der Waals surface area contributed by atoms with E-state index in [4.69, 9.17) is 0 Å². The van der Waals surface area contributed by atoms with Gasteiger partial charge in [-0.3, -0.25) is 5.10 Å². The average Bonchev–Trinajstić information content (AvgIpc) is 3.48. The predicted octanol–water partition coefficient (Wildman–Crippen LogP) is 5.04. The Morgan fingerprint density at radius 1 is 1.06 bits per heavy atom. The highest BCUT2D eigenvalue weighted by Crippen LogP contribution is 2.35. The van der Waals surface area contributed by atoms with Crippen molar-refractivity contribution in [1.29, 1.82) is 0 Å². The topological polar surface area (TPSA) is 101 Å². The smallest absolute Gasteiger partial charge is 0.184 e. The molecule has 5 rings (SSSR count). The molecule has 11 heteroatoms. The van der Waals surface area contributed by atoms with Crippen molar-refractivity contribution in [3.63, 3.8) is 0 Å². The molecule has 0 amide bonds. The minimum absolute atomic E-state index is 0.176. The van der Waals surface area contributed by atoms with E-state index in [2.05, 4.69) is 25.5 Å². The van der Waals surface area contributed by atoms with Crippen LogP contribution in [0.4, 0.5) is 14.5 Å². The molecule has 0 aliphatic heterocycles. The number of nitrogens with one attached hydrogen (secondary N) is 2. The van der Waals surface area contributed by atoms with Crippen LogP contribution in [-0.4, -0.2) is 34.8 Å². The molecule has 3 aromatic heterocycles. The molecule has 0 aliphatic rings. The van der Waals surface area contributed by atoms with Crippen LogP contribution in [0.15, 0.2) is 65.3 Å². The zero-order chi connectivity index (χ0) is 23.9. The second-order valence-electron chi connectivity index (χ2n) is 7.59. The first-order valence-electron chi connectivity index (χ1n) is 10.1. The zero-order valence-corrected chi connectivity index (χ0v) is 19.3. The molecule has 172 valence electrons. The van der Waals surface area contributed by atoms with E-state index in [1.165, 1.54) is 24.7 Å². The summed E-state index contributed by atoms with van der Waals surface area (Å²) < 4.78 is 51.2. The molecular formula is C23H17F2N5O2S2. The Labute approximate surface area is 197 Å². The van der Waals surface area contributed by atoms with Crippen LogP contribution in [0.5, 0.6) is 0 Å². The van der Waals surface area contributed by atoms with Gasteiger partial charge in [-0.15, -0.1) is 11.3 Å². The second-order valence-corrected chi connectivity index (χ2v) is 10.9. The van der Waals surface area contributed by atoms with Crippen LogP contribution in [0.3, 0.4) is 0 Å². The number of aromatic nitrogens is 4. The average molecular weight is 498 g/mol. The molecule has 0 atom stereocenters. The maximum atomic E-state index is 14.0. The highest BCUT2D eigenvalue weighted by Gasteiger charge is 2.16. The summed E-state index contributed by atoms with van der Waals surface area (Å²) in [6, 6.07) is 12.3. The summed E-state index contributed by atoms with van der Waals surface area (Å²) in [5.74, 6) is -1.33. The number of thiophene rings is 1. The number of sulfone groups is 1. The summed E-state index contributed by atoms with van der Waals surface area (Å²) in [7, 11) is -3.32. The van der Waals surface area contributed by atoms with E-state index in [0.29, 0.717) is 21.8 Å². The highest BCUT2D eigenvalue weighted by atomic mass is 32.2. The van der Waals surface area contributed by atoms with Gasteiger partial charge < -0.3 is 5.32 Å². The minimum Gasteiger partial charge on any atom is -0.377 e. The van der Waals surface area contributed by atoms with E-state index in [-0.39, 0.29) is 16.4 Å². The fourth-order valence-electron chi connectivity index (χ4n) is 3.58. The first-order chi connectivity index (χ1) is 16.3. The molecule has 34 heavy (non-hydrogen) atoms. The lowest BCUT2D eigenvalue weighted by molar-refractivity contribution is 0.585. The van der Waals surface area contributed by atoms with Crippen LogP contribution in [0.1, 0.15) is 5.69 Å². The van der Waals surface area contributed by atoms with Crippen molar-refractivity contribution in [2.45, 2.75) is 10.8 Å². The largest absolute Gasteiger partial charge is 0.377 e. The Hall–Kier alpha value is -3.70. The van der Waals surface area contributed by atoms with Crippen molar-refractivity contribution < 1.29 is 17.2 Å². The molecule has 2 N–H and O–H groups in total. The number of hydrogen-bond donors (Lipinski definition) is 2. The Kier molecular flexibility index (Phi) is 5.58. The molecule has 2 aromatic carbocycles. The standard InChI is InChI=1S/C23H17F2N5O2S2/c1-34(31,32)22-7-6-21(33-22)23-15-8-13(2-4-18(15)27-12-28-23)16-10-29-30-20(16)11-26-19-5-3-14(24)9-17(19)25/h2-10,12,26H,11H2,1H3,(H,29,30). The third-order valence-electron chi connectivity index (χ3n) is 5.23. The zero-order valence-electron chi connectivity index (χ0n) is 17.7. The Morgan fingerprint density at radius 2 is 1.91 bits per heavy atom. The van der Waals surface area contributed by atoms with E-state index in [1.54, 1.807) is 18.3 Å². The van der Waals surface area contributed by atoms with Crippen molar-refractivity contribution >= 4 is 37.8 Å². The number of nitrogens with zero attached hydrogens (tertiary/aromatic N) is 3. The minimum atomic E-state index is -3.32. The van der Waals surface area contributed by atoms with E-state index < -0.39 is 21.5 Å². The van der Waals surface area contributed by atoms with Gasteiger partial charge in [0.15, 0.2) is 9.84 Å². The molecule has 0 aliphatic carbocycles. The van der Waals surface area contributed by atoms with Crippen molar-refractivity contribution in [2.75, 3.05) is 11.6 Å². The van der Waals surface area contributed by atoms with Gasteiger partial charge in [0.05, 0.1) is 40.2 Å². The fraction of sp³-hybridized carbons (Fsp3) is 0.0870. The van der Waals surface area contributed by atoms with Gasteiger partial charge >= 0.3 is 0 Å². The number of aromatic amines is 1. The third kappa shape index (κ3) is 4.27. The SMILES string of the molecule is CS(=O)(=O)c1ccc(-c2ncnc3ccc(-c4cn[nH]c4CNc4ccc(F)cc4F)cc23)s1. The number of H-pyrrole nitrogens is 1. The molecule has 0 fully saturated rings. The van der Waals surface area contributed by atoms with Crippen molar-refractivity contribution in [3.8, 4) is 21.7 Å². The van der Waals surface area contributed by atoms with Gasteiger partial charge in [-0.2, -0.15) is 5.10 Å². The number of fused-ring (bicyclic) bond motifs is 1. The van der Waals surface area contributed by atoms with Crippen LogP contribution >= 0.6 is 11.3 Å². The summed E-state index contributed by atoms with van der Waals surface area (Å²) in [4.78, 5) is 9.45. The summed E-state index contributed by atoms with van der Waals surface area (Å²) in [5.41, 5.74) is 3.83. The molecule has 0 bridgehead atoms. The van der Waals surface area contributed by atoms with Gasteiger partial charge in [0.2, 0.25) is 0 Å². The molecule has 0 radical (unpaired) electrons. The van der Waals surface area contributed by atoms with Crippen LogP contribution in [0.2, 0.25) is 0 Å². The molecule has 0 saturated heterocycles. The maximum Gasteiger partial charge on any atom is 0.184 e. The molecule has 0 spiro atoms. The van der Waals surface area contributed by atoms with Gasteiger partial charge in [0, 0.05) is 23.3 Å². The van der Waals surface area contributed by atoms with Crippen molar-refractivity contribution in [3.05, 3.63) is 78.4 Å². The summed E-state index contributed by atoms with van der Waals surface area (Å²) >= 11 is 1.15. The van der Waals surface area contributed by atoms with E-state index in [1.807, 2.05) is 18.2 Å². The fourth-order valence-corrected chi connectivity index (χ4v) is 5.52. The van der Waals surface area contributed by atoms with E-state index >= 15 is 0 Å². The first kappa shape index (κ1) is 22.1. The molecule has 3 heterocycles. The van der Waals surface area contributed by atoms with Gasteiger partial charge in [0.1, 0.15) is 22.2 Å². The molecule has 5 aromatic rings. The van der Waals surface area contributed by atoms with Gasteiger partial charge in [0.25, 0.3) is 0 Å². The second kappa shape index (κ2) is 8.58. The number of halogens is 2. The number of anilines is 1. The Balaban J connectivity index is 1.50. The van der Waals surface area contributed by atoms with Gasteiger partial charge in [-0.25, -0.2) is 27.2 Å².